The second-order valence-electron chi connectivity index (χ2n) is 6.23. The Hall–Kier alpha value is -2.96. The van der Waals surface area contributed by atoms with Crippen molar-refractivity contribution in [1.29, 1.82) is 0 Å². The van der Waals surface area contributed by atoms with Crippen LogP contribution < -0.4 is 10.2 Å². The molecule has 1 saturated heterocycles. The number of hydrogen-bond acceptors (Lipinski definition) is 5. The zero-order valence-electron chi connectivity index (χ0n) is 13.9. The van der Waals surface area contributed by atoms with Crippen molar-refractivity contribution >= 4 is 22.8 Å². The zero-order chi connectivity index (χ0) is 17.1. The van der Waals surface area contributed by atoms with Crippen molar-refractivity contribution in [2.45, 2.75) is 25.9 Å². The van der Waals surface area contributed by atoms with Crippen molar-refractivity contribution < 1.29 is 4.79 Å². The lowest BCUT2D eigenvalue weighted by Gasteiger charge is -2.17. The van der Waals surface area contributed by atoms with E-state index >= 15 is 0 Å². The van der Waals surface area contributed by atoms with Gasteiger partial charge in [-0.15, -0.1) is 5.10 Å². The molecule has 1 fully saturated rings. The van der Waals surface area contributed by atoms with E-state index in [2.05, 4.69) is 31.6 Å². The summed E-state index contributed by atoms with van der Waals surface area (Å²) in [4.78, 5) is 19.0. The van der Waals surface area contributed by atoms with E-state index in [4.69, 9.17) is 0 Å². The molecule has 1 N–H and O–H groups in total. The predicted molar refractivity (Wildman–Crippen MR) is 95.1 cm³/mol. The Morgan fingerprint density at radius 3 is 2.88 bits per heavy atom. The summed E-state index contributed by atoms with van der Waals surface area (Å²) >= 11 is 0. The minimum absolute atomic E-state index is 0.0878. The lowest BCUT2D eigenvalue weighted by molar-refractivity contribution is -0.121. The molecule has 1 aliphatic heterocycles. The van der Waals surface area contributed by atoms with E-state index < -0.39 is 0 Å². The Bertz CT molecular complexity index is 884. The Morgan fingerprint density at radius 1 is 1.16 bits per heavy atom. The molecule has 25 heavy (non-hydrogen) atoms. The summed E-state index contributed by atoms with van der Waals surface area (Å²) in [6, 6.07) is 11.6. The monoisotopic (exact) mass is 336 g/mol. The van der Waals surface area contributed by atoms with Gasteiger partial charge in [-0.2, -0.15) is 0 Å². The van der Waals surface area contributed by atoms with Crippen molar-refractivity contribution in [3.63, 3.8) is 0 Å². The molecule has 3 heterocycles. The number of fused-ring (bicyclic) bond motifs is 1. The van der Waals surface area contributed by atoms with Crippen LogP contribution in [0.1, 0.15) is 18.4 Å². The predicted octanol–water partition coefficient (Wildman–Crippen LogP) is 1.74. The van der Waals surface area contributed by atoms with Gasteiger partial charge in [0.25, 0.3) is 0 Å². The number of rotatable bonds is 5. The fraction of sp³-hybridized carbons (Fsp3) is 0.333. The number of carbonyl (C=O) groups excluding carboxylic acids is 1. The number of carbonyl (C=O) groups is 1. The van der Waals surface area contributed by atoms with Gasteiger partial charge in [0.05, 0.1) is 5.52 Å². The summed E-state index contributed by atoms with van der Waals surface area (Å²) in [7, 11) is 0. The number of nitrogens with zero attached hydrogens (tertiary/aromatic N) is 5. The van der Waals surface area contributed by atoms with Gasteiger partial charge >= 0.3 is 0 Å². The summed E-state index contributed by atoms with van der Waals surface area (Å²) in [5.74, 6) is 0.904. The van der Waals surface area contributed by atoms with Crippen LogP contribution in [0.3, 0.4) is 0 Å². The van der Waals surface area contributed by atoms with Crippen molar-refractivity contribution in [3.05, 3.63) is 48.2 Å². The van der Waals surface area contributed by atoms with E-state index in [9.17, 15) is 4.79 Å². The minimum Gasteiger partial charge on any atom is -0.357 e. The Morgan fingerprint density at radius 2 is 2.00 bits per heavy atom. The fourth-order valence-electron chi connectivity index (χ4n) is 3.12. The average Bonchev–Trinajstić information content (AvgIpc) is 3.31. The van der Waals surface area contributed by atoms with Crippen LogP contribution in [0.25, 0.3) is 11.0 Å². The molecule has 7 nitrogen and oxygen atoms in total. The molecule has 0 spiro atoms. The van der Waals surface area contributed by atoms with E-state index in [1.165, 1.54) is 12.8 Å². The summed E-state index contributed by atoms with van der Waals surface area (Å²) < 4.78 is 1.62. The molecular formula is C18H20N6O. The zero-order valence-corrected chi connectivity index (χ0v) is 13.9. The molecule has 0 atom stereocenters. The second-order valence-corrected chi connectivity index (χ2v) is 6.23. The molecule has 0 saturated carbocycles. The smallest absolute Gasteiger partial charge is 0.242 e. The lowest BCUT2D eigenvalue weighted by Crippen LogP contribution is -2.27. The van der Waals surface area contributed by atoms with E-state index in [0.717, 1.165) is 35.5 Å². The van der Waals surface area contributed by atoms with Crippen LogP contribution >= 0.6 is 0 Å². The van der Waals surface area contributed by atoms with Gasteiger partial charge in [-0.05, 0) is 42.7 Å². The van der Waals surface area contributed by atoms with Gasteiger partial charge in [0, 0.05) is 25.8 Å². The molecule has 3 aromatic rings. The number of aromatic nitrogens is 4. The molecule has 0 radical (unpaired) electrons. The van der Waals surface area contributed by atoms with Crippen LogP contribution in [0, 0.1) is 0 Å². The van der Waals surface area contributed by atoms with Crippen molar-refractivity contribution in [1.82, 2.24) is 25.3 Å². The standard InChI is InChI=1S/C18H20N6O/c25-18(13-24-16-6-2-1-5-15(16)21-22-24)20-12-14-7-8-19-17(11-14)23-9-3-4-10-23/h1-2,5-8,11H,3-4,9-10,12-13H2,(H,20,25). The third-order valence-corrected chi connectivity index (χ3v) is 4.44. The average molecular weight is 336 g/mol. The van der Waals surface area contributed by atoms with Gasteiger partial charge in [0.1, 0.15) is 17.9 Å². The number of hydrogen-bond donors (Lipinski definition) is 1. The molecule has 7 heteroatoms. The maximum atomic E-state index is 12.2. The molecule has 1 aromatic carbocycles. The highest BCUT2D eigenvalue weighted by atomic mass is 16.2. The number of anilines is 1. The van der Waals surface area contributed by atoms with Crippen molar-refractivity contribution in [3.8, 4) is 0 Å². The first-order valence-corrected chi connectivity index (χ1v) is 8.54. The first kappa shape index (κ1) is 15.6. The molecule has 0 bridgehead atoms. The minimum atomic E-state index is -0.0878. The third-order valence-electron chi connectivity index (χ3n) is 4.44. The van der Waals surface area contributed by atoms with Crippen LogP contribution in [0.15, 0.2) is 42.6 Å². The highest BCUT2D eigenvalue weighted by Gasteiger charge is 2.14. The molecule has 2 aromatic heterocycles. The van der Waals surface area contributed by atoms with Gasteiger partial charge < -0.3 is 10.2 Å². The van der Waals surface area contributed by atoms with Gasteiger partial charge in [-0.25, -0.2) is 9.67 Å². The first-order valence-electron chi connectivity index (χ1n) is 8.54. The normalized spacial score (nSPS) is 14.2. The first-order chi connectivity index (χ1) is 12.3. The van der Waals surface area contributed by atoms with Crippen molar-refractivity contribution in [2.24, 2.45) is 0 Å². The quantitative estimate of drug-likeness (QED) is 0.768. The summed E-state index contributed by atoms with van der Waals surface area (Å²) in [5, 5.41) is 11.1. The number of amides is 1. The van der Waals surface area contributed by atoms with Gasteiger partial charge in [0.2, 0.25) is 5.91 Å². The summed E-state index contributed by atoms with van der Waals surface area (Å²) in [5.41, 5.74) is 2.70. The van der Waals surface area contributed by atoms with Crippen LogP contribution in [0.4, 0.5) is 5.82 Å². The number of nitrogens with one attached hydrogen (secondary N) is 1. The molecule has 4 rings (SSSR count). The number of pyridine rings is 1. The highest BCUT2D eigenvalue weighted by Crippen LogP contribution is 2.18. The summed E-state index contributed by atoms with van der Waals surface area (Å²) in [6.07, 6.45) is 4.24. The molecule has 128 valence electrons. The van der Waals surface area contributed by atoms with Gasteiger partial charge in [-0.3, -0.25) is 4.79 Å². The van der Waals surface area contributed by atoms with E-state index in [1.54, 1.807) is 10.9 Å². The number of para-hydroxylation sites is 1. The lowest BCUT2D eigenvalue weighted by atomic mass is 10.2. The second kappa shape index (κ2) is 6.88. The molecule has 1 amide bonds. The fourth-order valence-corrected chi connectivity index (χ4v) is 3.12. The Balaban J connectivity index is 1.38. The maximum absolute atomic E-state index is 12.2. The van der Waals surface area contributed by atoms with Crippen molar-refractivity contribution in [2.75, 3.05) is 18.0 Å². The largest absolute Gasteiger partial charge is 0.357 e. The SMILES string of the molecule is O=C(Cn1nnc2ccccc21)NCc1ccnc(N2CCCC2)c1. The van der Waals surface area contributed by atoms with E-state index in [1.807, 2.05) is 30.3 Å². The molecule has 1 aliphatic rings. The van der Waals surface area contributed by atoms with Crippen LogP contribution in [0.2, 0.25) is 0 Å². The number of benzene rings is 1. The molecule has 0 unspecified atom stereocenters. The highest BCUT2D eigenvalue weighted by molar-refractivity contribution is 5.79. The summed E-state index contributed by atoms with van der Waals surface area (Å²) in [6.45, 7) is 2.75. The topological polar surface area (TPSA) is 75.9 Å². The Labute approximate surface area is 145 Å². The van der Waals surface area contributed by atoms with E-state index in [0.29, 0.717) is 6.54 Å². The van der Waals surface area contributed by atoms with Crippen LogP contribution in [0.5, 0.6) is 0 Å². The molecular weight excluding hydrogens is 316 g/mol. The maximum Gasteiger partial charge on any atom is 0.242 e. The molecule has 0 aliphatic carbocycles. The van der Waals surface area contributed by atoms with Crippen LogP contribution in [-0.4, -0.2) is 39.0 Å². The van der Waals surface area contributed by atoms with Gasteiger partial charge in [-0.1, -0.05) is 17.3 Å². The third kappa shape index (κ3) is 3.45. The van der Waals surface area contributed by atoms with Crippen LogP contribution in [-0.2, 0) is 17.9 Å². The van der Waals surface area contributed by atoms with Gasteiger partial charge in [0.15, 0.2) is 0 Å². The van der Waals surface area contributed by atoms with E-state index in [-0.39, 0.29) is 12.5 Å². The Kier molecular flexibility index (Phi) is 4.28.